The van der Waals surface area contributed by atoms with Gasteiger partial charge in [-0.25, -0.2) is 0 Å². The molecule has 0 atom stereocenters. The van der Waals surface area contributed by atoms with Gasteiger partial charge in [0, 0.05) is 18.6 Å². The van der Waals surface area contributed by atoms with Crippen LogP contribution >= 0.6 is 0 Å². The zero-order chi connectivity index (χ0) is 10.8. The molecular formula is C11H19N3. The van der Waals surface area contributed by atoms with E-state index in [-0.39, 0.29) is 0 Å². The largest absolute Gasteiger partial charge is 0.339 e. The maximum Gasteiger partial charge on any atom is 0.0781 e. The van der Waals surface area contributed by atoms with E-state index in [4.69, 9.17) is 0 Å². The zero-order valence-electron chi connectivity index (χ0n) is 9.44. The average molecular weight is 193 g/mol. The second-order valence-electron chi connectivity index (χ2n) is 2.11. The molecule has 14 heavy (non-hydrogen) atoms. The van der Waals surface area contributed by atoms with E-state index in [9.17, 15) is 0 Å². The third kappa shape index (κ3) is 3.56. The molecule has 0 saturated heterocycles. The van der Waals surface area contributed by atoms with Crippen molar-refractivity contribution in [1.29, 1.82) is 0 Å². The number of fused-ring (bicyclic) bond motifs is 1. The maximum atomic E-state index is 4.01. The first-order chi connectivity index (χ1) is 6.97. The number of hydrogen-bond donors (Lipinski definition) is 0. The lowest BCUT2D eigenvalue weighted by Crippen LogP contribution is -2.23. The summed E-state index contributed by atoms with van der Waals surface area (Å²) in [5.74, 6) is 0. The summed E-state index contributed by atoms with van der Waals surface area (Å²) in [4.78, 5) is 10.1. The first-order valence-corrected chi connectivity index (χ1v) is 5.15. The Morgan fingerprint density at radius 3 is 2.50 bits per heavy atom. The zero-order valence-corrected chi connectivity index (χ0v) is 9.44. The highest BCUT2D eigenvalue weighted by Gasteiger charge is 2.07. The standard InChI is InChI=1S/C7H7N3.2C2H6/c1-3-10-4-2-9-6-7(10)5-8-1;2*1-2/h1-3,5-6H,4H2;2*1-2H3. The van der Waals surface area contributed by atoms with Crippen LogP contribution in [0, 0.1) is 0 Å². The van der Waals surface area contributed by atoms with Crippen molar-refractivity contribution in [1.82, 2.24) is 4.90 Å². The van der Waals surface area contributed by atoms with E-state index < -0.39 is 0 Å². The molecule has 3 heteroatoms. The molecule has 3 nitrogen and oxygen atoms in total. The van der Waals surface area contributed by atoms with Crippen molar-refractivity contribution in [2.75, 3.05) is 6.54 Å². The molecule has 2 heterocycles. The van der Waals surface area contributed by atoms with Crippen molar-refractivity contribution in [2.45, 2.75) is 27.7 Å². The van der Waals surface area contributed by atoms with E-state index in [1.165, 1.54) is 0 Å². The summed E-state index contributed by atoms with van der Waals surface area (Å²) in [6.07, 6.45) is 9.19. The minimum absolute atomic E-state index is 0.856. The third-order valence-corrected chi connectivity index (χ3v) is 1.46. The topological polar surface area (TPSA) is 28.0 Å². The van der Waals surface area contributed by atoms with Gasteiger partial charge in [-0.3, -0.25) is 9.98 Å². The fourth-order valence-corrected chi connectivity index (χ4v) is 0.937. The monoisotopic (exact) mass is 193 g/mol. The van der Waals surface area contributed by atoms with Gasteiger partial charge in [0.1, 0.15) is 0 Å². The van der Waals surface area contributed by atoms with Gasteiger partial charge in [0.2, 0.25) is 0 Å². The van der Waals surface area contributed by atoms with Crippen LogP contribution < -0.4 is 0 Å². The Hall–Kier alpha value is -1.38. The Bertz CT molecular complexity index is 249. The Balaban J connectivity index is 0.000000379. The Labute approximate surface area is 86.6 Å². The Morgan fingerprint density at radius 1 is 1.14 bits per heavy atom. The second kappa shape index (κ2) is 8.23. The minimum atomic E-state index is 0.856. The summed E-state index contributed by atoms with van der Waals surface area (Å²) in [6, 6.07) is 0. The van der Waals surface area contributed by atoms with Gasteiger partial charge in [0.15, 0.2) is 0 Å². The van der Waals surface area contributed by atoms with Gasteiger partial charge in [-0.2, -0.15) is 0 Å². The van der Waals surface area contributed by atoms with Crippen LogP contribution in [0.15, 0.2) is 34.3 Å². The second-order valence-corrected chi connectivity index (χ2v) is 2.11. The Morgan fingerprint density at radius 2 is 1.86 bits per heavy atom. The summed E-state index contributed by atoms with van der Waals surface area (Å²) in [5.41, 5.74) is 1.06. The highest BCUT2D eigenvalue weighted by Crippen LogP contribution is 2.09. The van der Waals surface area contributed by atoms with Crippen molar-refractivity contribution in [2.24, 2.45) is 9.98 Å². The molecule has 2 rings (SSSR count). The molecule has 0 aromatic rings. The van der Waals surface area contributed by atoms with Crippen LogP contribution in [0.4, 0.5) is 0 Å². The average Bonchev–Trinajstić information content (AvgIpc) is 2.34. The van der Waals surface area contributed by atoms with Gasteiger partial charge in [-0.05, 0) is 0 Å². The number of allylic oxidation sites excluding steroid dienone is 1. The summed E-state index contributed by atoms with van der Waals surface area (Å²) >= 11 is 0. The molecule has 0 fully saturated rings. The van der Waals surface area contributed by atoms with Crippen molar-refractivity contribution >= 4 is 12.4 Å². The van der Waals surface area contributed by atoms with E-state index in [0.717, 1.165) is 12.2 Å². The fraction of sp³-hybridized carbons (Fsp3) is 0.455. The molecule has 0 saturated carbocycles. The SMILES string of the molecule is C1=CN2CC=NC=C2C=N1.CC.CC. The summed E-state index contributed by atoms with van der Waals surface area (Å²) in [5, 5.41) is 0. The molecule has 78 valence electrons. The molecule has 0 aromatic heterocycles. The number of aliphatic imine (C=N–C) groups is 2. The normalized spacial score (nSPS) is 15.7. The molecule has 2 aliphatic rings. The van der Waals surface area contributed by atoms with Crippen LogP contribution in [0.25, 0.3) is 0 Å². The van der Waals surface area contributed by atoms with Gasteiger partial charge in [0.25, 0.3) is 0 Å². The maximum absolute atomic E-state index is 4.01. The quantitative estimate of drug-likeness (QED) is 0.581. The van der Waals surface area contributed by atoms with Crippen molar-refractivity contribution in [3.63, 3.8) is 0 Å². The van der Waals surface area contributed by atoms with Crippen LogP contribution in [0.2, 0.25) is 0 Å². The first kappa shape index (κ1) is 12.6. The highest BCUT2D eigenvalue weighted by atomic mass is 15.2. The lowest BCUT2D eigenvalue weighted by atomic mass is 10.3. The van der Waals surface area contributed by atoms with Crippen molar-refractivity contribution in [3.8, 4) is 0 Å². The smallest absolute Gasteiger partial charge is 0.0781 e. The molecule has 0 spiro atoms. The predicted molar refractivity (Wildman–Crippen MR) is 63.6 cm³/mol. The van der Waals surface area contributed by atoms with E-state index in [1.807, 2.05) is 40.1 Å². The lowest BCUT2D eigenvalue weighted by Gasteiger charge is -2.22. The predicted octanol–water partition coefficient (Wildman–Crippen LogP) is 2.82. The summed E-state index contributed by atoms with van der Waals surface area (Å²) in [6.45, 7) is 8.86. The lowest BCUT2D eigenvalue weighted by molar-refractivity contribution is 0.550. The molecule has 0 aliphatic carbocycles. The van der Waals surface area contributed by atoms with E-state index >= 15 is 0 Å². The third-order valence-electron chi connectivity index (χ3n) is 1.46. The molecule has 2 aliphatic heterocycles. The molecular weight excluding hydrogens is 174 g/mol. The molecule has 0 amide bonds. The first-order valence-electron chi connectivity index (χ1n) is 5.15. The van der Waals surface area contributed by atoms with Crippen molar-refractivity contribution < 1.29 is 0 Å². The van der Waals surface area contributed by atoms with E-state index in [1.54, 1.807) is 18.6 Å². The van der Waals surface area contributed by atoms with Crippen LogP contribution in [-0.4, -0.2) is 23.9 Å². The van der Waals surface area contributed by atoms with Crippen LogP contribution in [0.3, 0.4) is 0 Å². The van der Waals surface area contributed by atoms with Crippen LogP contribution in [0.1, 0.15) is 27.7 Å². The number of rotatable bonds is 0. The molecule has 0 N–H and O–H groups in total. The van der Waals surface area contributed by atoms with Crippen molar-refractivity contribution in [3.05, 3.63) is 24.3 Å². The molecule has 0 bridgehead atoms. The van der Waals surface area contributed by atoms with Gasteiger partial charge in [-0.1, -0.05) is 27.7 Å². The van der Waals surface area contributed by atoms with Gasteiger partial charge < -0.3 is 4.90 Å². The highest BCUT2D eigenvalue weighted by molar-refractivity contribution is 5.82. The van der Waals surface area contributed by atoms with Gasteiger partial charge in [-0.15, -0.1) is 0 Å². The van der Waals surface area contributed by atoms with Gasteiger partial charge in [0.05, 0.1) is 24.7 Å². The summed E-state index contributed by atoms with van der Waals surface area (Å²) in [7, 11) is 0. The fourth-order valence-electron chi connectivity index (χ4n) is 0.937. The number of nitrogens with zero attached hydrogens (tertiary/aromatic N) is 3. The molecule has 0 radical (unpaired) electrons. The number of hydrogen-bond acceptors (Lipinski definition) is 3. The summed E-state index contributed by atoms with van der Waals surface area (Å²) < 4.78 is 0. The molecule has 0 aromatic carbocycles. The molecule has 0 unspecified atom stereocenters. The Kier molecular flexibility index (Phi) is 7.42. The minimum Gasteiger partial charge on any atom is -0.339 e. The van der Waals surface area contributed by atoms with E-state index in [2.05, 4.69) is 14.9 Å². The van der Waals surface area contributed by atoms with Crippen LogP contribution in [-0.2, 0) is 0 Å². The van der Waals surface area contributed by atoms with E-state index in [0.29, 0.717) is 0 Å². The van der Waals surface area contributed by atoms with Crippen LogP contribution in [0.5, 0.6) is 0 Å². The van der Waals surface area contributed by atoms with Gasteiger partial charge >= 0.3 is 0 Å².